The lowest BCUT2D eigenvalue weighted by Gasteiger charge is -2.32. The predicted octanol–water partition coefficient (Wildman–Crippen LogP) is 2.54. The minimum absolute atomic E-state index is 0.0179. The second-order valence-corrected chi connectivity index (χ2v) is 6.94. The van der Waals surface area contributed by atoms with Crippen molar-refractivity contribution < 1.29 is 14.3 Å². The summed E-state index contributed by atoms with van der Waals surface area (Å²) in [7, 11) is 0. The number of aromatic nitrogens is 2. The molecule has 1 aromatic rings. The first-order valence-corrected chi connectivity index (χ1v) is 9.09. The Morgan fingerprint density at radius 1 is 1.48 bits per heavy atom. The van der Waals surface area contributed by atoms with Crippen LogP contribution in [0.5, 0.6) is 0 Å². The molecule has 1 aliphatic rings. The number of aryl methyl sites for hydroxylation is 3. The number of rotatable bonds is 8. The molecular formula is C19H31N3O3. The topological polar surface area (TPSA) is 65.4 Å². The maximum absolute atomic E-state index is 12.3. The van der Waals surface area contributed by atoms with E-state index in [9.17, 15) is 4.79 Å². The third-order valence-electron chi connectivity index (χ3n) is 4.32. The van der Waals surface area contributed by atoms with Crippen LogP contribution < -0.4 is 5.32 Å². The number of hydrogen-bond acceptors (Lipinski definition) is 4. The smallest absolute Gasteiger partial charge is 0.220 e. The lowest BCUT2D eigenvalue weighted by atomic mass is 10.1. The third kappa shape index (κ3) is 6.63. The van der Waals surface area contributed by atoms with E-state index in [1.165, 1.54) is 5.57 Å². The summed E-state index contributed by atoms with van der Waals surface area (Å²) in [6.07, 6.45) is 4.14. The number of amides is 1. The SMILES string of the molecule is CC(C)=CCO[C@H]1CCOC[C@H]1NC(=O)CCCn1nc(C)cc1C. The molecule has 1 aromatic heterocycles. The number of nitrogens with one attached hydrogen (secondary N) is 1. The number of ether oxygens (including phenoxy) is 2. The van der Waals surface area contributed by atoms with Crippen molar-refractivity contribution in [1.82, 2.24) is 15.1 Å². The molecule has 0 spiro atoms. The van der Waals surface area contributed by atoms with Crippen LogP contribution in [0.3, 0.4) is 0 Å². The summed E-state index contributed by atoms with van der Waals surface area (Å²) in [6.45, 7) is 10.7. The molecule has 25 heavy (non-hydrogen) atoms. The van der Waals surface area contributed by atoms with Crippen LogP contribution in [-0.2, 0) is 20.8 Å². The van der Waals surface area contributed by atoms with E-state index in [0.717, 1.165) is 30.8 Å². The highest BCUT2D eigenvalue weighted by atomic mass is 16.5. The van der Waals surface area contributed by atoms with Gasteiger partial charge in [0.15, 0.2) is 0 Å². The van der Waals surface area contributed by atoms with Crippen molar-refractivity contribution in [3.63, 3.8) is 0 Å². The van der Waals surface area contributed by atoms with E-state index >= 15 is 0 Å². The Kier molecular flexibility index (Phi) is 7.65. The number of allylic oxidation sites excluding steroid dienone is 1. The Morgan fingerprint density at radius 2 is 2.28 bits per heavy atom. The largest absolute Gasteiger partial charge is 0.379 e. The van der Waals surface area contributed by atoms with E-state index in [1.54, 1.807) is 0 Å². The number of hydrogen-bond donors (Lipinski definition) is 1. The fourth-order valence-corrected chi connectivity index (χ4v) is 2.96. The second-order valence-electron chi connectivity index (χ2n) is 6.94. The summed E-state index contributed by atoms with van der Waals surface area (Å²) in [5.41, 5.74) is 3.38. The Morgan fingerprint density at radius 3 is 2.96 bits per heavy atom. The summed E-state index contributed by atoms with van der Waals surface area (Å²) in [6, 6.07) is 1.98. The van der Waals surface area contributed by atoms with Crippen molar-refractivity contribution in [3.05, 3.63) is 29.1 Å². The first-order valence-electron chi connectivity index (χ1n) is 9.09. The average Bonchev–Trinajstić information content (AvgIpc) is 2.86. The fraction of sp³-hybridized carbons (Fsp3) is 0.684. The Hall–Kier alpha value is -1.66. The van der Waals surface area contributed by atoms with Crippen LogP contribution >= 0.6 is 0 Å². The molecule has 2 heterocycles. The van der Waals surface area contributed by atoms with E-state index in [-0.39, 0.29) is 18.1 Å². The maximum Gasteiger partial charge on any atom is 0.220 e. The molecule has 0 aromatic carbocycles. The first kappa shape index (κ1) is 19.7. The average molecular weight is 349 g/mol. The summed E-state index contributed by atoms with van der Waals surface area (Å²) in [5, 5.41) is 7.50. The Bertz CT molecular complexity index is 591. The summed E-state index contributed by atoms with van der Waals surface area (Å²) < 4.78 is 13.4. The van der Waals surface area contributed by atoms with Gasteiger partial charge in [-0.25, -0.2) is 0 Å². The van der Waals surface area contributed by atoms with Gasteiger partial charge in [0.25, 0.3) is 0 Å². The molecule has 0 saturated carbocycles. The van der Waals surface area contributed by atoms with Gasteiger partial charge in [0, 0.05) is 25.3 Å². The molecule has 6 heteroatoms. The van der Waals surface area contributed by atoms with Gasteiger partial charge >= 0.3 is 0 Å². The lowest BCUT2D eigenvalue weighted by Crippen LogP contribution is -2.50. The molecule has 1 N–H and O–H groups in total. The van der Waals surface area contributed by atoms with Crippen LogP contribution in [0.1, 0.15) is 44.5 Å². The zero-order chi connectivity index (χ0) is 18.2. The van der Waals surface area contributed by atoms with Crippen molar-refractivity contribution in [1.29, 1.82) is 0 Å². The molecular weight excluding hydrogens is 318 g/mol. The van der Waals surface area contributed by atoms with Gasteiger partial charge in [0.05, 0.1) is 31.1 Å². The van der Waals surface area contributed by atoms with Gasteiger partial charge < -0.3 is 14.8 Å². The third-order valence-corrected chi connectivity index (χ3v) is 4.32. The van der Waals surface area contributed by atoms with Gasteiger partial charge in [-0.15, -0.1) is 0 Å². The molecule has 2 rings (SSSR count). The van der Waals surface area contributed by atoms with Crippen LogP contribution in [0.25, 0.3) is 0 Å². The summed E-state index contributed by atoms with van der Waals surface area (Å²) >= 11 is 0. The quantitative estimate of drug-likeness (QED) is 0.733. The van der Waals surface area contributed by atoms with Crippen LogP contribution in [0.4, 0.5) is 0 Å². The normalized spacial score (nSPS) is 20.3. The predicted molar refractivity (Wildman–Crippen MR) is 97.5 cm³/mol. The second kappa shape index (κ2) is 9.73. The van der Waals surface area contributed by atoms with Crippen molar-refractivity contribution in [3.8, 4) is 0 Å². The minimum atomic E-state index is -0.0690. The standard InChI is InChI=1S/C19H31N3O3/c1-14(2)7-11-25-18-8-10-24-13-17(18)20-19(23)6-5-9-22-16(4)12-15(3)21-22/h7,12,17-18H,5-6,8-11,13H2,1-4H3,(H,20,23)/t17-,18+/m1/s1. The zero-order valence-corrected chi connectivity index (χ0v) is 15.9. The van der Waals surface area contributed by atoms with Gasteiger partial charge in [-0.3, -0.25) is 9.48 Å². The molecule has 0 aliphatic carbocycles. The Balaban J connectivity index is 1.75. The van der Waals surface area contributed by atoms with E-state index in [0.29, 0.717) is 26.2 Å². The van der Waals surface area contributed by atoms with Gasteiger partial charge in [0.2, 0.25) is 5.91 Å². The van der Waals surface area contributed by atoms with Crippen LogP contribution in [0.2, 0.25) is 0 Å². The van der Waals surface area contributed by atoms with Crippen molar-refractivity contribution in [2.45, 2.75) is 65.6 Å². The van der Waals surface area contributed by atoms with Crippen molar-refractivity contribution in [2.24, 2.45) is 0 Å². The van der Waals surface area contributed by atoms with E-state index in [4.69, 9.17) is 9.47 Å². The number of carbonyl (C=O) groups excluding carboxylic acids is 1. The van der Waals surface area contributed by atoms with Crippen LogP contribution in [-0.4, -0.2) is 47.7 Å². The van der Waals surface area contributed by atoms with Crippen molar-refractivity contribution in [2.75, 3.05) is 19.8 Å². The highest BCUT2D eigenvalue weighted by Gasteiger charge is 2.27. The first-order chi connectivity index (χ1) is 12.0. The number of carbonyl (C=O) groups is 1. The highest BCUT2D eigenvalue weighted by molar-refractivity contribution is 5.76. The van der Waals surface area contributed by atoms with Gasteiger partial charge in [-0.05, 0) is 46.6 Å². The van der Waals surface area contributed by atoms with Gasteiger partial charge in [-0.1, -0.05) is 11.6 Å². The summed E-state index contributed by atoms with van der Waals surface area (Å²) in [4.78, 5) is 12.3. The van der Waals surface area contributed by atoms with Gasteiger partial charge in [0.1, 0.15) is 0 Å². The molecule has 2 atom stereocenters. The van der Waals surface area contributed by atoms with E-state index in [1.807, 2.05) is 24.6 Å². The van der Waals surface area contributed by atoms with Crippen LogP contribution in [0.15, 0.2) is 17.7 Å². The van der Waals surface area contributed by atoms with E-state index in [2.05, 4.69) is 30.3 Å². The molecule has 6 nitrogen and oxygen atoms in total. The molecule has 140 valence electrons. The van der Waals surface area contributed by atoms with Crippen LogP contribution in [0, 0.1) is 13.8 Å². The fourth-order valence-electron chi connectivity index (χ4n) is 2.96. The molecule has 0 unspecified atom stereocenters. The molecule has 1 amide bonds. The molecule has 1 aliphatic heterocycles. The summed E-state index contributed by atoms with van der Waals surface area (Å²) in [5.74, 6) is 0.0489. The van der Waals surface area contributed by atoms with Crippen molar-refractivity contribution >= 4 is 5.91 Å². The zero-order valence-electron chi connectivity index (χ0n) is 15.9. The maximum atomic E-state index is 12.3. The monoisotopic (exact) mass is 349 g/mol. The van der Waals surface area contributed by atoms with E-state index < -0.39 is 0 Å². The molecule has 1 saturated heterocycles. The highest BCUT2D eigenvalue weighted by Crippen LogP contribution is 2.13. The Labute approximate surface area is 150 Å². The molecule has 1 fully saturated rings. The molecule has 0 radical (unpaired) electrons. The molecule has 0 bridgehead atoms. The van der Waals surface area contributed by atoms with Gasteiger partial charge in [-0.2, -0.15) is 5.10 Å². The lowest BCUT2D eigenvalue weighted by molar-refractivity contribution is -0.125. The number of nitrogens with zero attached hydrogens (tertiary/aromatic N) is 2. The minimum Gasteiger partial charge on any atom is -0.379 e.